The molecule has 0 saturated heterocycles. The van der Waals surface area contributed by atoms with E-state index in [9.17, 15) is 9.90 Å². The quantitative estimate of drug-likeness (QED) is 0.841. The summed E-state index contributed by atoms with van der Waals surface area (Å²) in [5.41, 5.74) is 1.10. The van der Waals surface area contributed by atoms with Gasteiger partial charge in [0.1, 0.15) is 5.75 Å². The Hall–Kier alpha value is -1.55. The Labute approximate surface area is 127 Å². The summed E-state index contributed by atoms with van der Waals surface area (Å²) in [7, 11) is 0. The molecular weight excluding hydrogens is 266 g/mol. The number of carbonyl (C=O) groups excluding carboxylic acids is 1. The second-order valence-electron chi connectivity index (χ2n) is 5.90. The molecule has 0 aliphatic rings. The van der Waals surface area contributed by atoms with Gasteiger partial charge in [-0.3, -0.25) is 4.79 Å². The van der Waals surface area contributed by atoms with Crippen LogP contribution in [0.15, 0.2) is 24.3 Å². The lowest BCUT2D eigenvalue weighted by Gasteiger charge is -2.35. The van der Waals surface area contributed by atoms with Crippen LogP contribution in [0.4, 0.5) is 0 Å². The van der Waals surface area contributed by atoms with Crippen LogP contribution in [0.5, 0.6) is 5.75 Å². The van der Waals surface area contributed by atoms with Crippen LogP contribution >= 0.6 is 0 Å². The minimum absolute atomic E-state index is 0.0180. The molecule has 2 atom stereocenters. The molecule has 0 bridgehead atoms. The molecule has 1 amide bonds. The van der Waals surface area contributed by atoms with Crippen molar-refractivity contribution in [3.05, 3.63) is 29.8 Å². The number of hydrogen-bond acceptors (Lipinski definition) is 3. The summed E-state index contributed by atoms with van der Waals surface area (Å²) in [5.74, 6) is 0.685. The average Bonchev–Trinajstić information content (AvgIpc) is 2.44. The van der Waals surface area contributed by atoms with Gasteiger partial charge in [-0.1, -0.05) is 19.1 Å². The maximum atomic E-state index is 12.4. The first kappa shape index (κ1) is 17.5. The van der Waals surface area contributed by atoms with Crippen LogP contribution in [0.3, 0.4) is 0 Å². The maximum Gasteiger partial charge on any atom is 0.260 e. The van der Waals surface area contributed by atoms with Gasteiger partial charge < -0.3 is 14.7 Å². The van der Waals surface area contributed by atoms with Crippen LogP contribution < -0.4 is 4.74 Å². The van der Waals surface area contributed by atoms with E-state index in [0.29, 0.717) is 5.75 Å². The normalized spacial score (nSPS) is 13.9. The van der Waals surface area contributed by atoms with Crippen molar-refractivity contribution in [3.8, 4) is 5.75 Å². The molecule has 118 valence electrons. The smallest absolute Gasteiger partial charge is 0.260 e. The van der Waals surface area contributed by atoms with Crippen molar-refractivity contribution < 1.29 is 14.6 Å². The fourth-order valence-electron chi connectivity index (χ4n) is 2.34. The maximum absolute atomic E-state index is 12.4. The highest BCUT2D eigenvalue weighted by Gasteiger charge is 2.26. The molecule has 0 radical (unpaired) electrons. The van der Waals surface area contributed by atoms with Gasteiger partial charge in [0.15, 0.2) is 6.61 Å². The molecule has 4 nitrogen and oxygen atoms in total. The van der Waals surface area contributed by atoms with Gasteiger partial charge in [0.25, 0.3) is 5.91 Å². The lowest BCUT2D eigenvalue weighted by molar-refractivity contribution is -0.138. The van der Waals surface area contributed by atoms with Crippen molar-refractivity contribution in [2.24, 2.45) is 5.92 Å². The van der Waals surface area contributed by atoms with Gasteiger partial charge >= 0.3 is 0 Å². The highest BCUT2D eigenvalue weighted by Crippen LogP contribution is 2.16. The van der Waals surface area contributed by atoms with Gasteiger partial charge in [-0.15, -0.1) is 0 Å². The number of hydrogen-bond donors (Lipinski definition) is 1. The van der Waals surface area contributed by atoms with Gasteiger partial charge in [0.2, 0.25) is 0 Å². The van der Waals surface area contributed by atoms with Crippen molar-refractivity contribution in [1.82, 2.24) is 4.90 Å². The Morgan fingerprint density at radius 1 is 1.29 bits per heavy atom. The van der Waals surface area contributed by atoms with E-state index in [4.69, 9.17) is 4.74 Å². The Morgan fingerprint density at radius 3 is 2.48 bits per heavy atom. The number of rotatable bonds is 7. The highest BCUT2D eigenvalue weighted by molar-refractivity contribution is 5.78. The minimum atomic E-state index is -0.0562. The number of amides is 1. The van der Waals surface area contributed by atoms with Gasteiger partial charge in [-0.25, -0.2) is 0 Å². The Kier molecular flexibility index (Phi) is 6.69. The van der Waals surface area contributed by atoms with E-state index >= 15 is 0 Å². The summed E-state index contributed by atoms with van der Waals surface area (Å²) in [5, 5.41) is 9.29. The van der Waals surface area contributed by atoms with Crippen LogP contribution in [0.1, 0.15) is 33.3 Å². The Bertz CT molecular complexity index is 459. The minimum Gasteiger partial charge on any atom is -0.484 e. The zero-order valence-corrected chi connectivity index (χ0v) is 13.7. The first-order valence-electron chi connectivity index (χ1n) is 7.48. The zero-order chi connectivity index (χ0) is 16.0. The largest absolute Gasteiger partial charge is 0.484 e. The third-order valence-electron chi connectivity index (χ3n) is 3.75. The second-order valence-corrected chi connectivity index (χ2v) is 5.90. The summed E-state index contributed by atoms with van der Waals surface area (Å²) in [6, 6.07) is 7.70. The SMILES string of the molecule is Cc1cccc(OCC(=O)N(C(C)C)C(C)C(C)CO)c1. The van der Waals surface area contributed by atoms with E-state index < -0.39 is 0 Å². The first-order chi connectivity index (χ1) is 9.86. The van der Waals surface area contributed by atoms with Crippen LogP contribution in [-0.2, 0) is 4.79 Å². The number of aliphatic hydroxyl groups excluding tert-OH is 1. The van der Waals surface area contributed by atoms with Crippen molar-refractivity contribution in [3.63, 3.8) is 0 Å². The number of ether oxygens (including phenoxy) is 1. The number of nitrogens with zero attached hydrogens (tertiary/aromatic N) is 1. The predicted molar refractivity (Wildman–Crippen MR) is 84.4 cm³/mol. The molecule has 4 heteroatoms. The fraction of sp³-hybridized carbons (Fsp3) is 0.588. The molecule has 0 aliphatic carbocycles. The van der Waals surface area contributed by atoms with Crippen molar-refractivity contribution in [2.75, 3.05) is 13.2 Å². The summed E-state index contributed by atoms with van der Waals surface area (Å²) in [6.45, 7) is 9.93. The van der Waals surface area contributed by atoms with Crippen molar-refractivity contribution in [1.29, 1.82) is 0 Å². The molecule has 0 aromatic heterocycles. The molecule has 1 aromatic carbocycles. The molecule has 0 spiro atoms. The molecule has 0 fully saturated rings. The molecule has 2 unspecified atom stereocenters. The first-order valence-corrected chi connectivity index (χ1v) is 7.48. The van der Waals surface area contributed by atoms with E-state index in [1.54, 1.807) is 4.90 Å². The number of aliphatic hydroxyl groups is 1. The number of aryl methyl sites for hydroxylation is 1. The van der Waals surface area contributed by atoms with Gasteiger partial charge in [0, 0.05) is 18.7 Å². The van der Waals surface area contributed by atoms with E-state index in [1.165, 1.54) is 0 Å². The van der Waals surface area contributed by atoms with Crippen molar-refractivity contribution >= 4 is 5.91 Å². The average molecular weight is 293 g/mol. The predicted octanol–water partition coefficient (Wildman–Crippen LogP) is 2.63. The summed E-state index contributed by atoms with van der Waals surface area (Å²) in [6.07, 6.45) is 0. The van der Waals surface area contributed by atoms with Gasteiger partial charge in [-0.2, -0.15) is 0 Å². The molecule has 1 N–H and O–H groups in total. The zero-order valence-electron chi connectivity index (χ0n) is 13.7. The third kappa shape index (κ3) is 5.05. The van der Waals surface area contributed by atoms with Crippen molar-refractivity contribution in [2.45, 2.75) is 46.7 Å². The molecular formula is C17H27NO3. The van der Waals surface area contributed by atoms with Crippen LogP contribution in [-0.4, -0.2) is 41.2 Å². The highest BCUT2D eigenvalue weighted by atomic mass is 16.5. The topological polar surface area (TPSA) is 49.8 Å². The van der Waals surface area contributed by atoms with E-state index in [0.717, 1.165) is 5.56 Å². The van der Waals surface area contributed by atoms with Gasteiger partial charge in [-0.05, 0) is 51.3 Å². The molecule has 0 heterocycles. The Balaban J connectivity index is 2.69. The van der Waals surface area contributed by atoms with Crippen LogP contribution in [0.2, 0.25) is 0 Å². The van der Waals surface area contributed by atoms with Crippen LogP contribution in [0.25, 0.3) is 0 Å². The molecule has 0 saturated carbocycles. The standard InChI is InChI=1S/C17H27NO3/c1-12(2)18(15(5)14(4)10-19)17(20)11-21-16-8-6-7-13(3)9-16/h6-9,12,14-15,19H,10-11H2,1-5H3. The number of benzene rings is 1. The lowest BCUT2D eigenvalue weighted by Crippen LogP contribution is -2.48. The summed E-state index contributed by atoms with van der Waals surface area (Å²) in [4.78, 5) is 14.2. The van der Waals surface area contributed by atoms with Gasteiger partial charge in [0.05, 0.1) is 0 Å². The summed E-state index contributed by atoms with van der Waals surface area (Å²) >= 11 is 0. The molecule has 21 heavy (non-hydrogen) atoms. The lowest BCUT2D eigenvalue weighted by atomic mass is 10.0. The number of carbonyl (C=O) groups is 1. The third-order valence-corrected chi connectivity index (χ3v) is 3.75. The fourth-order valence-corrected chi connectivity index (χ4v) is 2.34. The Morgan fingerprint density at radius 2 is 1.95 bits per heavy atom. The van der Waals surface area contributed by atoms with Crippen LogP contribution in [0, 0.1) is 12.8 Å². The molecule has 1 aromatic rings. The molecule has 1 rings (SSSR count). The van der Waals surface area contributed by atoms with E-state index in [2.05, 4.69) is 0 Å². The monoisotopic (exact) mass is 293 g/mol. The second kappa shape index (κ2) is 8.03. The van der Waals surface area contributed by atoms with E-state index in [1.807, 2.05) is 58.9 Å². The van der Waals surface area contributed by atoms with E-state index in [-0.39, 0.29) is 37.1 Å². The summed E-state index contributed by atoms with van der Waals surface area (Å²) < 4.78 is 5.59. The molecule has 0 aliphatic heterocycles.